The number of Topliss-reactive ketones (excluding diaryl/α,β-unsaturated/α-hetero) is 1. The second-order valence-corrected chi connectivity index (χ2v) is 4.92. The van der Waals surface area contributed by atoms with E-state index in [-0.39, 0.29) is 16.6 Å². The van der Waals surface area contributed by atoms with Gasteiger partial charge in [-0.1, -0.05) is 0 Å². The number of ketones is 1. The van der Waals surface area contributed by atoms with Gasteiger partial charge in [0.15, 0.2) is 11.5 Å². The van der Waals surface area contributed by atoms with Crippen LogP contribution in [0.4, 0.5) is 17.6 Å². The molecule has 1 aromatic carbocycles. The molecule has 0 unspecified atom stereocenters. The van der Waals surface area contributed by atoms with Gasteiger partial charge < -0.3 is 14.2 Å². The molecule has 0 saturated heterocycles. The maximum Gasteiger partial charge on any atom is 0.507 e. The first-order valence-electron chi connectivity index (χ1n) is 5.77. The van der Waals surface area contributed by atoms with E-state index in [9.17, 15) is 27.2 Å². The molecule has 10 heteroatoms. The first-order chi connectivity index (χ1) is 10.1. The number of carbonyl (C=O) groups excluding carboxylic acids is 2. The maximum atomic E-state index is 13.1. The summed E-state index contributed by atoms with van der Waals surface area (Å²) < 4.78 is 64.4. The zero-order chi connectivity index (χ0) is 16.7. The summed E-state index contributed by atoms with van der Waals surface area (Å²) in [5, 5.41) is 0. The number of benzene rings is 1. The summed E-state index contributed by atoms with van der Waals surface area (Å²) in [6, 6.07) is 1.52. The summed E-state index contributed by atoms with van der Waals surface area (Å²) in [6.45, 7) is 1.39. The van der Waals surface area contributed by atoms with Gasteiger partial charge in [0.1, 0.15) is 0 Å². The molecule has 1 aliphatic heterocycles. The highest BCUT2D eigenvalue weighted by atomic mass is 79.9. The van der Waals surface area contributed by atoms with Crippen LogP contribution in [0.3, 0.4) is 0 Å². The predicted octanol–water partition coefficient (Wildman–Crippen LogP) is 3.15. The molecule has 0 fully saturated rings. The van der Waals surface area contributed by atoms with E-state index in [1.165, 1.54) is 6.92 Å². The van der Waals surface area contributed by atoms with Crippen molar-refractivity contribution in [1.82, 2.24) is 0 Å². The first-order valence-corrected chi connectivity index (χ1v) is 6.57. The minimum Gasteiger partial charge on any atom is -0.460 e. The van der Waals surface area contributed by atoms with Crippen molar-refractivity contribution in [2.75, 3.05) is 6.61 Å². The van der Waals surface area contributed by atoms with Crippen molar-refractivity contribution in [2.24, 2.45) is 0 Å². The highest BCUT2D eigenvalue weighted by Crippen LogP contribution is 2.48. The molecule has 0 aliphatic carbocycles. The van der Waals surface area contributed by atoms with Crippen molar-refractivity contribution in [1.29, 1.82) is 0 Å². The Kier molecular flexibility index (Phi) is 4.07. The minimum absolute atomic E-state index is 0.0724. The van der Waals surface area contributed by atoms with Gasteiger partial charge >= 0.3 is 18.2 Å². The number of carbonyl (C=O) groups is 2. The average molecular weight is 387 g/mol. The van der Waals surface area contributed by atoms with Crippen LogP contribution >= 0.6 is 15.9 Å². The molecule has 0 N–H and O–H groups in total. The Balaban J connectivity index is 2.44. The number of esters is 1. The molecule has 1 aliphatic rings. The van der Waals surface area contributed by atoms with Gasteiger partial charge in [-0.3, -0.25) is 4.79 Å². The fraction of sp³-hybridized carbons (Fsp3) is 0.333. The third-order valence-corrected chi connectivity index (χ3v) is 3.21. The van der Waals surface area contributed by atoms with Crippen LogP contribution in [0.25, 0.3) is 0 Å². The van der Waals surface area contributed by atoms with Crippen molar-refractivity contribution in [2.45, 2.75) is 19.1 Å². The van der Waals surface area contributed by atoms with Gasteiger partial charge in [-0.05, 0) is 35.0 Å². The van der Waals surface area contributed by atoms with Gasteiger partial charge in [-0.2, -0.15) is 17.6 Å². The number of ether oxygens (including phenoxy) is 3. The van der Waals surface area contributed by atoms with Crippen LogP contribution in [-0.4, -0.2) is 30.6 Å². The fourth-order valence-electron chi connectivity index (χ4n) is 1.57. The quantitative estimate of drug-likeness (QED) is 0.345. The fourth-order valence-corrected chi connectivity index (χ4v) is 2.07. The SMILES string of the molecule is CCOC(=O)C(=O)c1cc2c(cc1Br)OC(F)(F)C(F)(F)O2. The Morgan fingerprint density at radius 1 is 1.14 bits per heavy atom. The molecule has 5 nitrogen and oxygen atoms in total. The molecule has 2 rings (SSSR count). The van der Waals surface area contributed by atoms with Crippen LogP contribution in [0.15, 0.2) is 16.6 Å². The molecule has 0 radical (unpaired) electrons. The number of alkyl halides is 4. The summed E-state index contributed by atoms with van der Waals surface area (Å²) in [4.78, 5) is 23.2. The van der Waals surface area contributed by atoms with Crippen molar-refractivity contribution in [3.05, 3.63) is 22.2 Å². The van der Waals surface area contributed by atoms with E-state index in [1.54, 1.807) is 0 Å². The second-order valence-electron chi connectivity index (χ2n) is 4.07. The number of halogens is 5. The predicted molar refractivity (Wildman–Crippen MR) is 66.3 cm³/mol. The summed E-state index contributed by atoms with van der Waals surface area (Å²) in [5.74, 6) is -3.88. The number of hydrogen-bond acceptors (Lipinski definition) is 5. The minimum atomic E-state index is -4.92. The van der Waals surface area contributed by atoms with E-state index < -0.39 is 35.5 Å². The molecule has 0 amide bonds. The van der Waals surface area contributed by atoms with Crippen LogP contribution in [0, 0.1) is 0 Å². The van der Waals surface area contributed by atoms with E-state index in [4.69, 9.17) is 0 Å². The van der Waals surface area contributed by atoms with Crippen molar-refractivity contribution in [3.8, 4) is 11.5 Å². The third kappa shape index (κ3) is 2.74. The molecule has 1 heterocycles. The third-order valence-electron chi connectivity index (χ3n) is 2.55. The molecule has 0 bridgehead atoms. The standard InChI is InChI=1S/C12H7BrF4O5/c1-2-20-10(19)9(18)5-3-7-8(4-6(5)13)22-12(16,17)11(14,15)21-7/h3-4H,2H2,1H3. The van der Waals surface area contributed by atoms with Crippen LogP contribution < -0.4 is 9.47 Å². The maximum absolute atomic E-state index is 13.1. The van der Waals surface area contributed by atoms with E-state index >= 15 is 0 Å². The number of fused-ring (bicyclic) bond motifs is 1. The molecule has 0 aromatic heterocycles. The lowest BCUT2D eigenvalue weighted by molar-refractivity contribution is -0.391. The normalized spacial score (nSPS) is 17.7. The molecule has 0 saturated carbocycles. The smallest absolute Gasteiger partial charge is 0.460 e. The zero-order valence-electron chi connectivity index (χ0n) is 10.8. The van der Waals surface area contributed by atoms with E-state index in [1.807, 2.05) is 0 Å². The Morgan fingerprint density at radius 2 is 1.64 bits per heavy atom. The molecule has 0 atom stereocenters. The average Bonchev–Trinajstić information content (AvgIpc) is 2.39. The van der Waals surface area contributed by atoms with E-state index in [0.29, 0.717) is 6.07 Å². The Bertz CT molecular complexity index is 647. The highest BCUT2D eigenvalue weighted by Gasteiger charge is 2.66. The number of hydrogen-bond donors (Lipinski definition) is 0. The van der Waals surface area contributed by atoms with Crippen molar-refractivity contribution < 1.29 is 41.4 Å². The van der Waals surface area contributed by atoms with Crippen LogP contribution in [0.1, 0.15) is 17.3 Å². The van der Waals surface area contributed by atoms with Crippen molar-refractivity contribution >= 4 is 27.7 Å². The molecular formula is C12H7BrF4O5. The van der Waals surface area contributed by atoms with Gasteiger partial charge in [0, 0.05) is 10.0 Å². The zero-order valence-corrected chi connectivity index (χ0v) is 12.4. The van der Waals surface area contributed by atoms with Crippen LogP contribution in [0.5, 0.6) is 11.5 Å². The van der Waals surface area contributed by atoms with Crippen LogP contribution in [0.2, 0.25) is 0 Å². The lowest BCUT2D eigenvalue weighted by Crippen LogP contribution is -2.52. The molecule has 0 spiro atoms. The van der Waals surface area contributed by atoms with E-state index in [2.05, 4.69) is 30.1 Å². The van der Waals surface area contributed by atoms with Crippen molar-refractivity contribution in [3.63, 3.8) is 0 Å². The van der Waals surface area contributed by atoms with Gasteiger partial charge in [0.25, 0.3) is 5.78 Å². The van der Waals surface area contributed by atoms with Gasteiger partial charge in [0.05, 0.1) is 6.61 Å². The van der Waals surface area contributed by atoms with Crippen LogP contribution in [-0.2, 0) is 9.53 Å². The van der Waals surface area contributed by atoms with Gasteiger partial charge in [-0.25, -0.2) is 4.79 Å². The molecular weight excluding hydrogens is 380 g/mol. The lowest BCUT2D eigenvalue weighted by Gasteiger charge is -2.32. The lowest BCUT2D eigenvalue weighted by atomic mass is 10.1. The molecule has 120 valence electrons. The van der Waals surface area contributed by atoms with Gasteiger partial charge in [0.2, 0.25) is 0 Å². The summed E-state index contributed by atoms with van der Waals surface area (Å²) in [6.07, 6.45) is -9.79. The monoisotopic (exact) mass is 386 g/mol. The second kappa shape index (κ2) is 5.41. The first kappa shape index (κ1) is 16.5. The summed E-state index contributed by atoms with van der Waals surface area (Å²) in [7, 11) is 0. The van der Waals surface area contributed by atoms with Gasteiger partial charge in [-0.15, -0.1) is 0 Å². The molecule has 22 heavy (non-hydrogen) atoms. The topological polar surface area (TPSA) is 61.8 Å². The Hall–Kier alpha value is -1.84. The van der Waals surface area contributed by atoms with E-state index in [0.717, 1.165) is 6.07 Å². The summed E-state index contributed by atoms with van der Waals surface area (Å²) >= 11 is 2.86. The summed E-state index contributed by atoms with van der Waals surface area (Å²) in [5.41, 5.74) is -0.387. The Labute approximate surface area is 129 Å². The number of rotatable bonds is 3. The Morgan fingerprint density at radius 3 is 2.14 bits per heavy atom. The largest absolute Gasteiger partial charge is 0.507 e. The molecule has 1 aromatic rings. The highest BCUT2D eigenvalue weighted by molar-refractivity contribution is 9.10.